The van der Waals surface area contributed by atoms with Crippen LogP contribution in [0.3, 0.4) is 0 Å². The Kier molecular flexibility index (Phi) is 7.02. The predicted molar refractivity (Wildman–Crippen MR) is 99.7 cm³/mol. The Hall–Kier alpha value is -1.14. The normalized spacial score (nSPS) is 19.8. The number of rotatable bonds is 3. The number of hydrogen-bond acceptors (Lipinski definition) is 4. The lowest BCUT2D eigenvalue weighted by molar-refractivity contribution is 0.0781. The summed E-state index contributed by atoms with van der Waals surface area (Å²) in [6.45, 7) is 4.28. The zero-order valence-corrected chi connectivity index (χ0v) is 15.3. The van der Waals surface area contributed by atoms with Gasteiger partial charge in [-0.3, -0.25) is 4.79 Å². The van der Waals surface area contributed by atoms with Crippen LogP contribution in [0.1, 0.15) is 23.0 Å². The van der Waals surface area contributed by atoms with Crippen LogP contribution in [0.2, 0.25) is 0 Å². The maximum absolute atomic E-state index is 12.6. The third kappa shape index (κ3) is 4.23. The van der Waals surface area contributed by atoms with Gasteiger partial charge >= 0.3 is 0 Å². The minimum Gasteiger partial charge on any atom is -0.337 e. The molecule has 2 N–H and O–H groups in total. The van der Waals surface area contributed by atoms with E-state index < -0.39 is 0 Å². The highest BCUT2D eigenvalue weighted by molar-refractivity contribution is 7.16. The molecule has 1 aliphatic heterocycles. The third-order valence-corrected chi connectivity index (χ3v) is 5.11. The van der Waals surface area contributed by atoms with Crippen LogP contribution in [0.15, 0.2) is 36.5 Å². The molecule has 2 heterocycles. The smallest absolute Gasteiger partial charge is 0.265 e. The van der Waals surface area contributed by atoms with E-state index in [1.54, 1.807) is 6.20 Å². The van der Waals surface area contributed by atoms with Gasteiger partial charge in [-0.25, -0.2) is 4.98 Å². The number of carbonyl (C=O) groups is 1. The van der Waals surface area contributed by atoms with Gasteiger partial charge in [-0.2, -0.15) is 0 Å². The van der Waals surface area contributed by atoms with Crippen molar-refractivity contribution < 1.29 is 4.79 Å². The number of likely N-dealkylation sites (tertiary alicyclic amines) is 1. The van der Waals surface area contributed by atoms with Crippen molar-refractivity contribution >= 4 is 42.1 Å². The van der Waals surface area contributed by atoms with Crippen LogP contribution >= 0.6 is 36.2 Å². The topological polar surface area (TPSA) is 59.2 Å². The Morgan fingerprint density at radius 1 is 1.35 bits per heavy atom. The first-order valence-corrected chi connectivity index (χ1v) is 7.94. The first kappa shape index (κ1) is 19.9. The van der Waals surface area contributed by atoms with E-state index in [4.69, 9.17) is 5.73 Å². The minimum atomic E-state index is 0. The zero-order chi connectivity index (χ0) is 14.9. The second-order valence-electron chi connectivity index (χ2n) is 5.89. The molecule has 0 aliphatic carbocycles. The quantitative estimate of drug-likeness (QED) is 0.895. The van der Waals surface area contributed by atoms with E-state index in [0.29, 0.717) is 11.4 Å². The summed E-state index contributed by atoms with van der Waals surface area (Å²) in [5.74, 6) is 0.0758. The van der Waals surface area contributed by atoms with Crippen molar-refractivity contribution in [3.63, 3.8) is 0 Å². The van der Waals surface area contributed by atoms with E-state index in [1.807, 2.05) is 35.2 Å². The Labute approximate surface area is 152 Å². The number of aromatic nitrogens is 1. The first-order chi connectivity index (χ1) is 10.1. The van der Waals surface area contributed by atoms with Gasteiger partial charge in [0.25, 0.3) is 5.91 Å². The lowest BCUT2D eigenvalue weighted by Gasteiger charge is -2.22. The average Bonchev–Trinajstić information content (AvgIpc) is 3.15. The number of thiazole rings is 1. The fourth-order valence-electron chi connectivity index (χ4n) is 2.61. The molecular formula is C16H21Cl2N3OS. The van der Waals surface area contributed by atoms with Crippen molar-refractivity contribution in [3.8, 4) is 10.6 Å². The summed E-state index contributed by atoms with van der Waals surface area (Å²) in [5, 5.41) is 0.889. The number of nitrogens with two attached hydrogens (primary N) is 1. The van der Waals surface area contributed by atoms with Gasteiger partial charge < -0.3 is 10.6 Å². The monoisotopic (exact) mass is 373 g/mol. The summed E-state index contributed by atoms with van der Waals surface area (Å²) in [4.78, 5) is 19.5. The Bertz CT molecular complexity index is 650. The highest BCUT2D eigenvalue weighted by Crippen LogP contribution is 2.31. The van der Waals surface area contributed by atoms with Crippen LogP contribution in [-0.4, -0.2) is 35.4 Å². The van der Waals surface area contributed by atoms with Gasteiger partial charge in [-0.15, -0.1) is 36.2 Å². The molecule has 0 saturated carbocycles. The minimum absolute atomic E-state index is 0. The van der Waals surface area contributed by atoms with Crippen LogP contribution in [0.4, 0.5) is 0 Å². The van der Waals surface area contributed by atoms with E-state index in [9.17, 15) is 4.79 Å². The largest absolute Gasteiger partial charge is 0.337 e. The summed E-state index contributed by atoms with van der Waals surface area (Å²) in [7, 11) is 0. The Morgan fingerprint density at radius 2 is 2.04 bits per heavy atom. The van der Waals surface area contributed by atoms with Crippen LogP contribution in [0.5, 0.6) is 0 Å². The van der Waals surface area contributed by atoms with Crippen molar-refractivity contribution in [2.75, 3.05) is 19.6 Å². The van der Waals surface area contributed by atoms with Crippen molar-refractivity contribution in [3.05, 3.63) is 41.4 Å². The molecule has 1 fully saturated rings. The molecule has 23 heavy (non-hydrogen) atoms. The molecule has 1 aromatic carbocycles. The number of carbonyl (C=O) groups excluding carboxylic acids is 1. The number of benzene rings is 1. The third-order valence-electron chi connectivity index (χ3n) is 4.08. The molecule has 126 valence electrons. The molecule has 0 radical (unpaired) electrons. The average molecular weight is 374 g/mol. The molecule has 1 amide bonds. The summed E-state index contributed by atoms with van der Waals surface area (Å²) in [6, 6.07) is 9.95. The summed E-state index contributed by atoms with van der Waals surface area (Å²) < 4.78 is 0. The van der Waals surface area contributed by atoms with Crippen LogP contribution in [-0.2, 0) is 0 Å². The van der Waals surface area contributed by atoms with E-state index in [0.717, 1.165) is 30.1 Å². The second kappa shape index (κ2) is 8.11. The molecule has 4 nitrogen and oxygen atoms in total. The van der Waals surface area contributed by atoms with Crippen molar-refractivity contribution in [2.45, 2.75) is 13.3 Å². The molecule has 1 atom stereocenters. The first-order valence-electron chi connectivity index (χ1n) is 7.12. The van der Waals surface area contributed by atoms with Gasteiger partial charge in [0.2, 0.25) is 0 Å². The predicted octanol–water partition coefficient (Wildman–Crippen LogP) is 3.46. The number of nitrogens with zero attached hydrogens (tertiary/aromatic N) is 2. The van der Waals surface area contributed by atoms with Gasteiger partial charge in [0.15, 0.2) is 0 Å². The molecular weight excluding hydrogens is 353 g/mol. The summed E-state index contributed by atoms with van der Waals surface area (Å²) in [5.41, 5.74) is 6.91. The van der Waals surface area contributed by atoms with Crippen LogP contribution in [0.25, 0.3) is 10.6 Å². The number of halogens is 2. The Balaban J connectivity index is 0.00000132. The maximum atomic E-state index is 12.6. The molecule has 1 unspecified atom stereocenters. The van der Waals surface area contributed by atoms with Crippen molar-refractivity contribution in [2.24, 2.45) is 11.1 Å². The highest BCUT2D eigenvalue weighted by atomic mass is 35.5. The molecule has 3 rings (SSSR count). The van der Waals surface area contributed by atoms with Gasteiger partial charge in [0.1, 0.15) is 9.88 Å². The van der Waals surface area contributed by atoms with E-state index in [-0.39, 0.29) is 36.1 Å². The van der Waals surface area contributed by atoms with Gasteiger partial charge in [0.05, 0.1) is 6.20 Å². The molecule has 2 aromatic rings. The molecule has 1 aromatic heterocycles. The molecule has 0 bridgehead atoms. The molecule has 7 heteroatoms. The number of amides is 1. The SMILES string of the molecule is CC1(CN)CCN(C(=O)c2cnc(-c3ccccc3)s2)C1.Cl.Cl. The lowest BCUT2D eigenvalue weighted by Crippen LogP contribution is -2.34. The van der Waals surface area contributed by atoms with Gasteiger partial charge in [0, 0.05) is 18.7 Å². The van der Waals surface area contributed by atoms with Crippen LogP contribution in [0, 0.1) is 5.41 Å². The van der Waals surface area contributed by atoms with Crippen molar-refractivity contribution in [1.82, 2.24) is 9.88 Å². The van der Waals surface area contributed by atoms with Gasteiger partial charge in [-0.05, 0) is 18.4 Å². The second-order valence-corrected chi connectivity index (χ2v) is 6.92. The van der Waals surface area contributed by atoms with Crippen LogP contribution < -0.4 is 5.73 Å². The summed E-state index contributed by atoms with van der Waals surface area (Å²) >= 11 is 1.46. The lowest BCUT2D eigenvalue weighted by atomic mass is 9.90. The molecule has 1 saturated heterocycles. The zero-order valence-electron chi connectivity index (χ0n) is 12.9. The fraction of sp³-hybridized carbons (Fsp3) is 0.375. The molecule has 1 aliphatic rings. The maximum Gasteiger partial charge on any atom is 0.265 e. The molecule has 0 spiro atoms. The van der Waals surface area contributed by atoms with Crippen molar-refractivity contribution in [1.29, 1.82) is 0 Å². The summed E-state index contributed by atoms with van der Waals surface area (Å²) in [6.07, 6.45) is 2.66. The Morgan fingerprint density at radius 3 is 2.65 bits per heavy atom. The fourth-order valence-corrected chi connectivity index (χ4v) is 3.50. The van der Waals surface area contributed by atoms with E-state index >= 15 is 0 Å². The van der Waals surface area contributed by atoms with E-state index in [1.165, 1.54) is 11.3 Å². The van der Waals surface area contributed by atoms with E-state index in [2.05, 4.69) is 11.9 Å². The standard InChI is InChI=1S/C16H19N3OS.2ClH/c1-16(10-17)7-8-19(11-16)15(20)13-9-18-14(21-13)12-5-3-2-4-6-12;;/h2-6,9H,7-8,10-11,17H2,1H3;2*1H. The van der Waals surface area contributed by atoms with Gasteiger partial charge in [-0.1, -0.05) is 37.3 Å². The highest BCUT2D eigenvalue weighted by Gasteiger charge is 2.35. The number of hydrogen-bond donors (Lipinski definition) is 1.